The van der Waals surface area contributed by atoms with Gasteiger partial charge in [0.05, 0.1) is 37.6 Å². The van der Waals surface area contributed by atoms with E-state index >= 15 is 0 Å². The van der Waals surface area contributed by atoms with Crippen LogP contribution in [0.2, 0.25) is 0 Å². The highest BCUT2D eigenvalue weighted by molar-refractivity contribution is 6.00. The molecule has 0 unspecified atom stereocenters. The molecular formula is C31H26N2O4. The zero-order valence-electron chi connectivity index (χ0n) is 20.5. The van der Waals surface area contributed by atoms with Crippen molar-refractivity contribution in [2.24, 2.45) is 0 Å². The van der Waals surface area contributed by atoms with Gasteiger partial charge in [-0.2, -0.15) is 0 Å². The highest BCUT2D eigenvalue weighted by Gasteiger charge is 2.22. The first-order chi connectivity index (χ1) is 18.2. The third kappa shape index (κ3) is 5.09. The molecule has 0 spiro atoms. The number of nitrogens with one attached hydrogen (secondary N) is 1. The fraction of sp³-hybridized carbons (Fsp3) is 0.0968. The van der Waals surface area contributed by atoms with Gasteiger partial charge in [0.1, 0.15) is 11.5 Å². The number of amides is 1. The van der Waals surface area contributed by atoms with E-state index in [-0.39, 0.29) is 11.9 Å². The number of benzene rings is 4. The summed E-state index contributed by atoms with van der Waals surface area (Å²) in [6.07, 6.45) is 1.63. The van der Waals surface area contributed by atoms with E-state index in [9.17, 15) is 4.79 Å². The number of methoxy groups -OCH3 is 2. The van der Waals surface area contributed by atoms with E-state index in [0.717, 1.165) is 16.7 Å². The second kappa shape index (κ2) is 10.8. The first-order valence-corrected chi connectivity index (χ1v) is 11.9. The molecule has 5 aromatic rings. The third-order valence-electron chi connectivity index (χ3n) is 6.12. The van der Waals surface area contributed by atoms with Crippen molar-refractivity contribution in [1.82, 2.24) is 10.3 Å². The summed E-state index contributed by atoms with van der Waals surface area (Å²) in [5.74, 6) is 1.91. The minimum Gasteiger partial charge on any atom is -0.497 e. The Kier molecular flexibility index (Phi) is 6.99. The van der Waals surface area contributed by atoms with Crippen molar-refractivity contribution >= 4 is 5.91 Å². The predicted octanol–water partition coefficient (Wildman–Crippen LogP) is 6.55. The molecule has 5 rings (SSSR count). The minimum atomic E-state index is -0.313. The van der Waals surface area contributed by atoms with Gasteiger partial charge in [-0.1, -0.05) is 72.8 Å². The van der Waals surface area contributed by atoms with Gasteiger partial charge in [-0.05, 0) is 35.4 Å². The SMILES string of the molecule is COc1ccc(-c2cnc(-c3ccccc3C(=O)NC(c3ccccc3)c3ccccc3)o2)c(OC)c1. The summed E-state index contributed by atoms with van der Waals surface area (Å²) >= 11 is 0. The van der Waals surface area contributed by atoms with E-state index in [4.69, 9.17) is 13.9 Å². The van der Waals surface area contributed by atoms with Crippen molar-refractivity contribution in [3.8, 4) is 34.3 Å². The fourth-order valence-corrected chi connectivity index (χ4v) is 4.25. The van der Waals surface area contributed by atoms with Crippen molar-refractivity contribution in [2.75, 3.05) is 14.2 Å². The van der Waals surface area contributed by atoms with Crippen LogP contribution >= 0.6 is 0 Å². The van der Waals surface area contributed by atoms with Crippen LogP contribution in [0.3, 0.4) is 0 Å². The Balaban J connectivity index is 1.48. The Morgan fingerprint density at radius 3 is 2.08 bits per heavy atom. The van der Waals surface area contributed by atoms with E-state index in [1.807, 2.05) is 91.0 Å². The van der Waals surface area contributed by atoms with Crippen molar-refractivity contribution in [1.29, 1.82) is 0 Å². The van der Waals surface area contributed by atoms with Crippen LogP contribution in [0.15, 0.2) is 114 Å². The number of carbonyl (C=O) groups is 1. The first kappa shape index (κ1) is 23.9. The Morgan fingerprint density at radius 1 is 0.784 bits per heavy atom. The van der Waals surface area contributed by atoms with Gasteiger partial charge in [0, 0.05) is 11.6 Å². The maximum Gasteiger partial charge on any atom is 0.252 e. The molecular weight excluding hydrogens is 464 g/mol. The van der Waals surface area contributed by atoms with E-state index < -0.39 is 0 Å². The standard InChI is InChI=1S/C31H26N2O4/c1-35-23-17-18-26(27(19-23)36-2)28-20-32-31(37-28)25-16-10-9-15-24(25)30(34)33-29(21-11-5-3-6-12-21)22-13-7-4-8-14-22/h3-20,29H,1-2H3,(H,33,34). The number of aromatic nitrogens is 1. The second-order valence-electron chi connectivity index (χ2n) is 8.37. The minimum absolute atomic E-state index is 0.227. The van der Waals surface area contributed by atoms with E-state index in [2.05, 4.69) is 10.3 Å². The molecule has 1 heterocycles. The van der Waals surface area contributed by atoms with Crippen molar-refractivity contribution in [3.05, 3.63) is 126 Å². The summed E-state index contributed by atoms with van der Waals surface area (Å²) < 4.78 is 16.9. The van der Waals surface area contributed by atoms with Gasteiger partial charge in [0.15, 0.2) is 5.76 Å². The van der Waals surface area contributed by atoms with Crippen LogP contribution in [0.25, 0.3) is 22.8 Å². The Labute approximate surface area is 215 Å². The maximum atomic E-state index is 13.6. The molecule has 1 amide bonds. The number of rotatable bonds is 8. The molecule has 0 saturated heterocycles. The topological polar surface area (TPSA) is 73.6 Å². The summed E-state index contributed by atoms with van der Waals surface area (Å²) in [6, 6.07) is 32.2. The van der Waals surface area contributed by atoms with Crippen molar-refractivity contribution < 1.29 is 18.7 Å². The summed E-state index contributed by atoms with van der Waals surface area (Å²) in [7, 11) is 3.19. The van der Waals surface area contributed by atoms with Gasteiger partial charge in [-0.3, -0.25) is 4.79 Å². The molecule has 6 nitrogen and oxygen atoms in total. The molecule has 0 saturated carbocycles. The molecule has 4 aromatic carbocycles. The molecule has 184 valence electrons. The molecule has 37 heavy (non-hydrogen) atoms. The smallest absolute Gasteiger partial charge is 0.252 e. The van der Waals surface area contributed by atoms with Crippen LogP contribution in [0.4, 0.5) is 0 Å². The summed E-state index contributed by atoms with van der Waals surface area (Å²) in [5.41, 5.74) is 3.78. The lowest BCUT2D eigenvalue weighted by molar-refractivity contribution is 0.0943. The van der Waals surface area contributed by atoms with Gasteiger partial charge >= 0.3 is 0 Å². The van der Waals surface area contributed by atoms with Crippen molar-refractivity contribution in [3.63, 3.8) is 0 Å². The number of hydrogen-bond acceptors (Lipinski definition) is 5. The molecule has 0 atom stereocenters. The first-order valence-electron chi connectivity index (χ1n) is 11.9. The summed E-state index contributed by atoms with van der Waals surface area (Å²) in [4.78, 5) is 18.1. The molecule has 0 aliphatic carbocycles. The van der Waals surface area contributed by atoms with Gasteiger partial charge < -0.3 is 19.2 Å². The van der Waals surface area contributed by atoms with Gasteiger partial charge in [-0.15, -0.1) is 0 Å². The molecule has 6 heteroatoms. The lowest BCUT2D eigenvalue weighted by Crippen LogP contribution is -2.29. The third-order valence-corrected chi connectivity index (χ3v) is 6.12. The molecule has 0 radical (unpaired) electrons. The van der Waals surface area contributed by atoms with E-state index in [0.29, 0.717) is 34.3 Å². The van der Waals surface area contributed by atoms with Crippen LogP contribution in [0.5, 0.6) is 11.5 Å². The molecule has 1 aromatic heterocycles. The lowest BCUT2D eigenvalue weighted by Gasteiger charge is -2.20. The van der Waals surface area contributed by atoms with Crippen LogP contribution in [0, 0.1) is 0 Å². The Hall–Kier alpha value is -4.84. The van der Waals surface area contributed by atoms with Crippen LogP contribution in [0.1, 0.15) is 27.5 Å². The van der Waals surface area contributed by atoms with Gasteiger partial charge in [-0.25, -0.2) is 4.98 Å². The zero-order chi connectivity index (χ0) is 25.6. The summed E-state index contributed by atoms with van der Waals surface area (Å²) in [6.45, 7) is 0. The average molecular weight is 491 g/mol. The molecule has 1 N–H and O–H groups in total. The largest absolute Gasteiger partial charge is 0.497 e. The normalized spacial score (nSPS) is 10.8. The number of hydrogen-bond donors (Lipinski definition) is 1. The fourth-order valence-electron chi connectivity index (χ4n) is 4.25. The summed E-state index contributed by atoms with van der Waals surface area (Å²) in [5, 5.41) is 3.20. The monoisotopic (exact) mass is 490 g/mol. The van der Waals surface area contributed by atoms with Crippen LogP contribution < -0.4 is 14.8 Å². The zero-order valence-corrected chi connectivity index (χ0v) is 20.5. The van der Waals surface area contributed by atoms with Crippen LogP contribution in [-0.2, 0) is 0 Å². The number of carbonyl (C=O) groups excluding carboxylic acids is 1. The maximum absolute atomic E-state index is 13.6. The number of oxazole rings is 1. The number of ether oxygens (including phenoxy) is 2. The van der Waals surface area contributed by atoms with Crippen molar-refractivity contribution in [2.45, 2.75) is 6.04 Å². The van der Waals surface area contributed by atoms with Crippen LogP contribution in [-0.4, -0.2) is 25.1 Å². The Morgan fingerprint density at radius 2 is 1.43 bits per heavy atom. The predicted molar refractivity (Wildman–Crippen MR) is 143 cm³/mol. The molecule has 0 aliphatic heterocycles. The van der Waals surface area contributed by atoms with Gasteiger partial charge in [0.25, 0.3) is 5.91 Å². The highest BCUT2D eigenvalue weighted by atomic mass is 16.5. The lowest BCUT2D eigenvalue weighted by atomic mass is 9.97. The average Bonchev–Trinajstić information content (AvgIpc) is 3.46. The quantitative estimate of drug-likeness (QED) is 0.267. The highest BCUT2D eigenvalue weighted by Crippen LogP contribution is 2.36. The van der Waals surface area contributed by atoms with E-state index in [1.165, 1.54) is 0 Å². The Bertz CT molecular complexity index is 1460. The number of nitrogens with zero attached hydrogens (tertiary/aromatic N) is 1. The van der Waals surface area contributed by atoms with Gasteiger partial charge in [0.2, 0.25) is 5.89 Å². The molecule has 0 bridgehead atoms. The van der Waals surface area contributed by atoms with E-state index in [1.54, 1.807) is 32.5 Å². The molecule has 0 aliphatic rings. The second-order valence-corrected chi connectivity index (χ2v) is 8.37. The molecule has 0 fully saturated rings.